The standard InChI is InChI=1S/C31H34F3N5O3/c1-22(2)38-17-13-27(14-18-38)39(20-25-5-4-6-29(36-25)37(3)26-11-15-35-16-12-26)30(41)28(42-21-40)19-23-7-9-24(10-8-23)31(32,33)34/h4-12,15-16,19,21-22,27H,13-14,17-18,20H2,1-3H3/b28-19+. The molecule has 0 spiro atoms. The van der Waals surface area contributed by atoms with Crippen LogP contribution in [0.5, 0.6) is 0 Å². The zero-order valence-corrected chi connectivity index (χ0v) is 23.8. The van der Waals surface area contributed by atoms with Crippen LogP contribution in [-0.4, -0.2) is 64.4 Å². The lowest BCUT2D eigenvalue weighted by Gasteiger charge is -2.40. The molecule has 4 rings (SSSR count). The van der Waals surface area contributed by atoms with Gasteiger partial charge in [0, 0.05) is 50.3 Å². The highest BCUT2D eigenvalue weighted by Gasteiger charge is 2.32. The summed E-state index contributed by atoms with van der Waals surface area (Å²) in [4.78, 5) is 40.1. The lowest BCUT2D eigenvalue weighted by Crippen LogP contribution is -2.49. The molecule has 3 heterocycles. The van der Waals surface area contributed by atoms with E-state index in [1.54, 1.807) is 17.3 Å². The maximum atomic E-state index is 14.0. The molecule has 1 fully saturated rings. The quantitative estimate of drug-likeness (QED) is 0.173. The van der Waals surface area contributed by atoms with Crippen molar-refractivity contribution in [1.29, 1.82) is 0 Å². The van der Waals surface area contributed by atoms with Gasteiger partial charge in [0.2, 0.25) is 0 Å². The first-order chi connectivity index (χ1) is 20.1. The number of amides is 1. The van der Waals surface area contributed by atoms with Crippen LogP contribution in [0.15, 0.2) is 72.8 Å². The van der Waals surface area contributed by atoms with Gasteiger partial charge in [0.1, 0.15) is 5.82 Å². The summed E-state index contributed by atoms with van der Waals surface area (Å²) in [6, 6.07) is 13.8. The van der Waals surface area contributed by atoms with Crippen molar-refractivity contribution in [2.24, 2.45) is 0 Å². The molecular formula is C31H34F3N5O3. The molecule has 1 amide bonds. The summed E-state index contributed by atoms with van der Waals surface area (Å²) in [5.74, 6) is -0.147. The van der Waals surface area contributed by atoms with Gasteiger partial charge in [0.15, 0.2) is 5.76 Å². The number of aromatic nitrogens is 2. The van der Waals surface area contributed by atoms with Gasteiger partial charge in [-0.15, -0.1) is 0 Å². The van der Waals surface area contributed by atoms with Gasteiger partial charge >= 0.3 is 6.18 Å². The Balaban J connectivity index is 1.64. The molecule has 0 bridgehead atoms. The number of rotatable bonds is 10. The van der Waals surface area contributed by atoms with E-state index < -0.39 is 17.6 Å². The van der Waals surface area contributed by atoms with Gasteiger partial charge in [0.05, 0.1) is 17.8 Å². The van der Waals surface area contributed by atoms with E-state index in [0.29, 0.717) is 36.0 Å². The minimum Gasteiger partial charge on any atom is -0.423 e. The summed E-state index contributed by atoms with van der Waals surface area (Å²) in [7, 11) is 1.88. The molecular weight excluding hydrogens is 547 g/mol. The Hall–Kier alpha value is -4.25. The fourth-order valence-electron chi connectivity index (χ4n) is 4.96. The van der Waals surface area contributed by atoms with Crippen LogP contribution < -0.4 is 4.90 Å². The Morgan fingerprint density at radius 2 is 1.74 bits per heavy atom. The maximum absolute atomic E-state index is 14.0. The number of carbonyl (C=O) groups is 2. The lowest BCUT2D eigenvalue weighted by molar-refractivity contribution is -0.139. The highest BCUT2D eigenvalue weighted by atomic mass is 19.4. The Morgan fingerprint density at radius 1 is 1.07 bits per heavy atom. The molecule has 3 aromatic rings. The van der Waals surface area contributed by atoms with Crippen LogP contribution in [0, 0.1) is 0 Å². The zero-order chi connectivity index (χ0) is 30.3. The number of carbonyl (C=O) groups excluding carboxylic acids is 2. The number of hydrogen-bond acceptors (Lipinski definition) is 7. The number of alkyl halides is 3. The average molecular weight is 582 g/mol. The Morgan fingerprint density at radius 3 is 2.33 bits per heavy atom. The van der Waals surface area contributed by atoms with E-state index in [-0.39, 0.29) is 24.8 Å². The molecule has 8 nitrogen and oxygen atoms in total. The van der Waals surface area contributed by atoms with Crippen LogP contribution in [-0.2, 0) is 27.0 Å². The summed E-state index contributed by atoms with van der Waals surface area (Å²) >= 11 is 0. The third kappa shape index (κ3) is 7.73. The number of benzene rings is 1. The van der Waals surface area contributed by atoms with Crippen LogP contribution in [0.4, 0.5) is 24.7 Å². The number of hydrogen-bond donors (Lipinski definition) is 0. The third-order valence-electron chi connectivity index (χ3n) is 7.37. The molecule has 0 saturated carbocycles. The van der Waals surface area contributed by atoms with Crippen molar-refractivity contribution in [3.05, 3.63) is 89.6 Å². The van der Waals surface area contributed by atoms with E-state index in [4.69, 9.17) is 9.72 Å². The molecule has 0 N–H and O–H groups in total. The topological polar surface area (TPSA) is 78.9 Å². The van der Waals surface area contributed by atoms with Crippen molar-refractivity contribution in [1.82, 2.24) is 19.8 Å². The summed E-state index contributed by atoms with van der Waals surface area (Å²) < 4.78 is 44.2. The van der Waals surface area contributed by atoms with Gasteiger partial charge in [-0.05, 0) is 74.7 Å². The number of nitrogens with zero attached hydrogens (tertiary/aromatic N) is 5. The average Bonchev–Trinajstić information content (AvgIpc) is 2.99. The fraction of sp³-hybridized carbons (Fsp3) is 0.355. The normalized spacial score (nSPS) is 15.0. The Bertz CT molecular complexity index is 1370. The number of piperidine rings is 1. The second-order valence-electron chi connectivity index (χ2n) is 10.4. The summed E-state index contributed by atoms with van der Waals surface area (Å²) in [5.41, 5.74) is 1.00. The van der Waals surface area contributed by atoms with Crippen LogP contribution in [0.3, 0.4) is 0 Å². The first-order valence-electron chi connectivity index (χ1n) is 13.7. The maximum Gasteiger partial charge on any atom is 0.416 e. The minimum absolute atomic E-state index is 0.149. The third-order valence-corrected chi connectivity index (χ3v) is 7.37. The largest absolute Gasteiger partial charge is 0.423 e. The molecule has 0 aliphatic carbocycles. The molecule has 0 radical (unpaired) electrons. The van der Waals surface area contributed by atoms with E-state index in [2.05, 4.69) is 23.7 Å². The summed E-state index contributed by atoms with van der Waals surface area (Å²) in [6.07, 6.45) is 1.59. The molecule has 0 unspecified atom stereocenters. The zero-order valence-electron chi connectivity index (χ0n) is 23.8. The molecule has 1 saturated heterocycles. The summed E-state index contributed by atoms with van der Waals surface area (Å²) in [5, 5.41) is 0. The molecule has 0 atom stereocenters. The first-order valence-corrected chi connectivity index (χ1v) is 13.7. The van der Waals surface area contributed by atoms with Crippen molar-refractivity contribution in [2.45, 2.75) is 51.5 Å². The second kappa shape index (κ2) is 13.6. The predicted molar refractivity (Wildman–Crippen MR) is 153 cm³/mol. The molecule has 2 aromatic heterocycles. The smallest absolute Gasteiger partial charge is 0.416 e. The van der Waals surface area contributed by atoms with Crippen LogP contribution in [0.2, 0.25) is 0 Å². The van der Waals surface area contributed by atoms with Gasteiger partial charge in [-0.25, -0.2) is 4.98 Å². The second-order valence-corrected chi connectivity index (χ2v) is 10.4. The van der Waals surface area contributed by atoms with E-state index in [1.807, 2.05) is 42.3 Å². The number of likely N-dealkylation sites (tertiary alicyclic amines) is 1. The van der Waals surface area contributed by atoms with Gasteiger partial charge in [-0.2, -0.15) is 13.2 Å². The Kier molecular flexibility index (Phi) is 9.95. The molecule has 11 heteroatoms. The van der Waals surface area contributed by atoms with Gasteiger partial charge in [-0.1, -0.05) is 18.2 Å². The van der Waals surface area contributed by atoms with Gasteiger partial charge < -0.3 is 19.4 Å². The molecule has 222 valence electrons. The fourth-order valence-corrected chi connectivity index (χ4v) is 4.96. The van der Waals surface area contributed by atoms with Crippen molar-refractivity contribution in [2.75, 3.05) is 25.0 Å². The van der Waals surface area contributed by atoms with Gasteiger partial charge in [-0.3, -0.25) is 14.6 Å². The van der Waals surface area contributed by atoms with Crippen molar-refractivity contribution < 1.29 is 27.5 Å². The van der Waals surface area contributed by atoms with Crippen LogP contribution in [0.1, 0.15) is 43.5 Å². The number of pyridine rings is 2. The van der Waals surface area contributed by atoms with Gasteiger partial charge in [0.25, 0.3) is 12.4 Å². The van der Waals surface area contributed by atoms with E-state index in [0.717, 1.165) is 30.9 Å². The van der Waals surface area contributed by atoms with E-state index >= 15 is 0 Å². The Labute approximate surface area is 243 Å². The highest BCUT2D eigenvalue weighted by Crippen LogP contribution is 2.30. The monoisotopic (exact) mass is 581 g/mol. The van der Waals surface area contributed by atoms with Crippen LogP contribution >= 0.6 is 0 Å². The molecule has 1 aliphatic heterocycles. The van der Waals surface area contributed by atoms with E-state index in [1.165, 1.54) is 18.2 Å². The molecule has 42 heavy (non-hydrogen) atoms. The first kappa shape index (κ1) is 30.7. The predicted octanol–water partition coefficient (Wildman–Crippen LogP) is 5.68. The molecule has 1 aromatic carbocycles. The van der Waals surface area contributed by atoms with Crippen molar-refractivity contribution in [3.8, 4) is 0 Å². The SMILES string of the molecule is CC(C)N1CCC(N(Cc2cccc(N(C)c3ccncc3)n2)C(=O)/C(=C\c2ccc(C(F)(F)F)cc2)OC=O)CC1. The number of anilines is 2. The van der Waals surface area contributed by atoms with Crippen LogP contribution in [0.25, 0.3) is 6.08 Å². The highest BCUT2D eigenvalue weighted by molar-refractivity contribution is 5.97. The summed E-state index contributed by atoms with van der Waals surface area (Å²) in [6.45, 7) is 6.13. The van der Waals surface area contributed by atoms with E-state index in [9.17, 15) is 22.8 Å². The lowest BCUT2D eigenvalue weighted by atomic mass is 10.0. The molecule has 1 aliphatic rings. The number of halogens is 3. The van der Waals surface area contributed by atoms with Crippen molar-refractivity contribution >= 4 is 30.0 Å². The number of ether oxygens (including phenoxy) is 1. The minimum atomic E-state index is -4.49. The van der Waals surface area contributed by atoms with Crippen molar-refractivity contribution in [3.63, 3.8) is 0 Å².